The second kappa shape index (κ2) is 8.12. The Morgan fingerprint density at radius 1 is 1.32 bits per heavy atom. The normalized spacial score (nSPS) is 12.0. The fraction of sp³-hybridized carbons (Fsp3) is 0.263. The standard InChI is InChI=1S/C19H18ClN3O4S/c1-10-15-17(21-9-23(3)18(15)25)28-16(10)19(26)27-8-14(24)22-11(2)12-4-6-13(20)7-5-12/h4-7,9,11H,8H2,1-3H3,(H,22,24). The van der Waals surface area contributed by atoms with E-state index in [9.17, 15) is 14.4 Å². The van der Waals surface area contributed by atoms with Crippen LogP contribution in [-0.2, 0) is 16.6 Å². The molecular formula is C19H18ClN3O4S. The topological polar surface area (TPSA) is 90.3 Å². The lowest BCUT2D eigenvalue weighted by Gasteiger charge is -2.14. The Bertz CT molecular complexity index is 1100. The number of carbonyl (C=O) groups is 2. The smallest absolute Gasteiger partial charge is 0.349 e. The highest BCUT2D eigenvalue weighted by Gasteiger charge is 2.21. The molecule has 0 bridgehead atoms. The summed E-state index contributed by atoms with van der Waals surface area (Å²) >= 11 is 6.93. The summed E-state index contributed by atoms with van der Waals surface area (Å²) in [5.41, 5.74) is 1.16. The summed E-state index contributed by atoms with van der Waals surface area (Å²) in [7, 11) is 1.59. The molecule has 1 N–H and O–H groups in total. The largest absolute Gasteiger partial charge is 0.451 e. The molecule has 7 nitrogen and oxygen atoms in total. The van der Waals surface area contributed by atoms with Gasteiger partial charge in [-0.25, -0.2) is 9.78 Å². The Hall–Kier alpha value is -2.71. The molecule has 146 valence electrons. The summed E-state index contributed by atoms with van der Waals surface area (Å²) < 4.78 is 6.48. The van der Waals surface area contributed by atoms with E-state index in [-0.39, 0.29) is 16.5 Å². The summed E-state index contributed by atoms with van der Waals surface area (Å²) in [6.45, 7) is 3.07. The van der Waals surface area contributed by atoms with Crippen molar-refractivity contribution >= 4 is 45.0 Å². The molecule has 0 saturated carbocycles. The second-order valence-corrected chi connectivity index (χ2v) is 7.75. The summed E-state index contributed by atoms with van der Waals surface area (Å²) in [6.07, 6.45) is 1.40. The number of esters is 1. The van der Waals surface area contributed by atoms with Gasteiger partial charge in [-0.3, -0.25) is 9.59 Å². The highest BCUT2D eigenvalue weighted by molar-refractivity contribution is 7.20. The first-order valence-corrected chi connectivity index (χ1v) is 9.64. The number of aromatic nitrogens is 2. The predicted molar refractivity (Wildman–Crippen MR) is 108 cm³/mol. The lowest BCUT2D eigenvalue weighted by molar-refractivity contribution is -0.124. The monoisotopic (exact) mass is 419 g/mol. The number of nitrogens with one attached hydrogen (secondary N) is 1. The quantitative estimate of drug-likeness (QED) is 0.642. The Balaban J connectivity index is 1.65. The van der Waals surface area contributed by atoms with E-state index < -0.39 is 18.5 Å². The van der Waals surface area contributed by atoms with Crippen molar-refractivity contribution in [3.05, 3.63) is 62.0 Å². The molecular weight excluding hydrogens is 402 g/mol. The van der Waals surface area contributed by atoms with Gasteiger partial charge in [-0.15, -0.1) is 11.3 Å². The maximum absolute atomic E-state index is 12.4. The maximum atomic E-state index is 12.4. The zero-order chi connectivity index (χ0) is 20.4. The van der Waals surface area contributed by atoms with Crippen LogP contribution in [0, 0.1) is 6.92 Å². The number of thiophene rings is 1. The number of nitrogens with zero attached hydrogens (tertiary/aromatic N) is 2. The Morgan fingerprint density at radius 2 is 2.00 bits per heavy atom. The van der Waals surface area contributed by atoms with Crippen LogP contribution >= 0.6 is 22.9 Å². The van der Waals surface area contributed by atoms with Crippen molar-refractivity contribution in [1.29, 1.82) is 0 Å². The van der Waals surface area contributed by atoms with E-state index >= 15 is 0 Å². The van der Waals surface area contributed by atoms with Gasteiger partial charge in [0.2, 0.25) is 0 Å². The first-order chi connectivity index (χ1) is 13.3. The van der Waals surface area contributed by atoms with Gasteiger partial charge in [-0.05, 0) is 37.1 Å². The number of aryl methyl sites for hydroxylation is 2. The zero-order valence-corrected chi connectivity index (χ0v) is 17.1. The third-order valence-electron chi connectivity index (χ3n) is 4.28. The molecule has 9 heteroatoms. The van der Waals surface area contributed by atoms with E-state index in [4.69, 9.17) is 16.3 Å². The molecule has 3 aromatic rings. The number of fused-ring (bicyclic) bond motifs is 1. The van der Waals surface area contributed by atoms with Gasteiger partial charge in [0.1, 0.15) is 9.71 Å². The molecule has 1 unspecified atom stereocenters. The molecule has 0 aliphatic carbocycles. The van der Waals surface area contributed by atoms with Crippen LogP contribution in [-0.4, -0.2) is 28.0 Å². The van der Waals surface area contributed by atoms with Crippen molar-refractivity contribution in [2.45, 2.75) is 19.9 Å². The maximum Gasteiger partial charge on any atom is 0.349 e. The second-order valence-electron chi connectivity index (χ2n) is 6.31. The van der Waals surface area contributed by atoms with E-state index in [2.05, 4.69) is 10.3 Å². The lowest BCUT2D eigenvalue weighted by atomic mass is 10.1. The van der Waals surface area contributed by atoms with Crippen molar-refractivity contribution in [1.82, 2.24) is 14.9 Å². The van der Waals surface area contributed by atoms with Gasteiger partial charge in [0.15, 0.2) is 6.61 Å². The van der Waals surface area contributed by atoms with Gasteiger partial charge >= 0.3 is 5.97 Å². The van der Waals surface area contributed by atoms with Crippen molar-refractivity contribution in [3.8, 4) is 0 Å². The van der Waals surface area contributed by atoms with E-state index in [1.807, 2.05) is 19.1 Å². The molecule has 1 aromatic carbocycles. The number of amides is 1. The Morgan fingerprint density at radius 3 is 2.68 bits per heavy atom. The van der Waals surface area contributed by atoms with Gasteiger partial charge in [0.05, 0.1) is 17.8 Å². The molecule has 0 aliphatic rings. The molecule has 28 heavy (non-hydrogen) atoms. The number of carbonyl (C=O) groups excluding carboxylic acids is 2. The van der Waals surface area contributed by atoms with Crippen molar-refractivity contribution < 1.29 is 14.3 Å². The molecule has 3 rings (SSSR count). The SMILES string of the molecule is Cc1c(C(=O)OCC(=O)NC(C)c2ccc(Cl)cc2)sc2ncn(C)c(=O)c12. The minimum absolute atomic E-state index is 0.229. The van der Waals surface area contributed by atoms with Crippen LogP contribution in [0.5, 0.6) is 0 Å². The summed E-state index contributed by atoms with van der Waals surface area (Å²) in [6, 6.07) is 6.84. The molecule has 1 atom stereocenters. The summed E-state index contributed by atoms with van der Waals surface area (Å²) in [5.74, 6) is -1.08. The van der Waals surface area contributed by atoms with Crippen LogP contribution in [0.2, 0.25) is 5.02 Å². The lowest BCUT2D eigenvalue weighted by Crippen LogP contribution is -2.31. The molecule has 0 saturated heterocycles. The van der Waals surface area contributed by atoms with E-state index in [1.165, 1.54) is 10.9 Å². The van der Waals surface area contributed by atoms with Crippen LogP contribution in [0.15, 0.2) is 35.4 Å². The van der Waals surface area contributed by atoms with Crippen LogP contribution in [0.1, 0.15) is 33.8 Å². The van der Waals surface area contributed by atoms with Crippen molar-refractivity contribution in [2.75, 3.05) is 6.61 Å². The third-order valence-corrected chi connectivity index (χ3v) is 5.71. The molecule has 2 aromatic heterocycles. The van der Waals surface area contributed by atoms with Gasteiger partial charge in [-0.2, -0.15) is 0 Å². The average molecular weight is 420 g/mol. The highest BCUT2D eigenvalue weighted by Crippen LogP contribution is 2.27. The minimum Gasteiger partial charge on any atom is -0.451 e. The number of rotatable bonds is 5. The van der Waals surface area contributed by atoms with E-state index in [0.29, 0.717) is 20.8 Å². The minimum atomic E-state index is -0.656. The van der Waals surface area contributed by atoms with E-state index in [1.54, 1.807) is 26.1 Å². The molecule has 0 radical (unpaired) electrons. The van der Waals surface area contributed by atoms with Crippen LogP contribution in [0.25, 0.3) is 10.2 Å². The number of halogens is 1. The molecule has 0 aliphatic heterocycles. The van der Waals surface area contributed by atoms with Gasteiger partial charge < -0.3 is 14.6 Å². The molecule has 0 fully saturated rings. The average Bonchev–Trinajstić information content (AvgIpc) is 3.00. The van der Waals surface area contributed by atoms with Crippen LogP contribution in [0.3, 0.4) is 0 Å². The van der Waals surface area contributed by atoms with Crippen molar-refractivity contribution in [3.63, 3.8) is 0 Å². The first kappa shape index (κ1) is 20.0. The zero-order valence-electron chi connectivity index (χ0n) is 15.5. The van der Waals surface area contributed by atoms with E-state index in [0.717, 1.165) is 16.9 Å². The van der Waals surface area contributed by atoms with Crippen LogP contribution < -0.4 is 10.9 Å². The summed E-state index contributed by atoms with van der Waals surface area (Å²) in [5, 5.41) is 3.76. The number of benzene rings is 1. The molecule has 0 spiro atoms. The fourth-order valence-corrected chi connectivity index (χ4v) is 3.88. The van der Waals surface area contributed by atoms with Gasteiger partial charge in [0, 0.05) is 12.1 Å². The number of hydrogen-bond donors (Lipinski definition) is 1. The third kappa shape index (κ3) is 4.07. The highest BCUT2D eigenvalue weighted by atomic mass is 35.5. The van der Waals surface area contributed by atoms with Crippen molar-refractivity contribution in [2.24, 2.45) is 7.05 Å². The molecule has 2 heterocycles. The molecule has 1 amide bonds. The predicted octanol–water partition coefficient (Wildman–Crippen LogP) is 2.99. The Kier molecular flexibility index (Phi) is 5.81. The number of hydrogen-bond acceptors (Lipinski definition) is 6. The fourth-order valence-electron chi connectivity index (χ4n) is 2.72. The first-order valence-electron chi connectivity index (χ1n) is 8.44. The number of ether oxygens (including phenoxy) is 1. The van der Waals surface area contributed by atoms with Crippen LogP contribution in [0.4, 0.5) is 0 Å². The van der Waals surface area contributed by atoms with Gasteiger partial charge in [0.25, 0.3) is 11.5 Å². The van der Waals surface area contributed by atoms with Gasteiger partial charge in [-0.1, -0.05) is 23.7 Å². The summed E-state index contributed by atoms with van der Waals surface area (Å²) in [4.78, 5) is 41.6. The Labute approximate surface area is 169 Å².